The third kappa shape index (κ3) is 4.46. The fourth-order valence-electron chi connectivity index (χ4n) is 2.85. The van der Waals surface area contributed by atoms with Crippen molar-refractivity contribution in [1.29, 1.82) is 0 Å². The topological polar surface area (TPSA) is 55.4 Å². The first kappa shape index (κ1) is 19.4. The van der Waals surface area contributed by atoms with Gasteiger partial charge in [-0.2, -0.15) is 0 Å². The van der Waals surface area contributed by atoms with Crippen LogP contribution in [0.4, 0.5) is 5.69 Å². The molecule has 1 unspecified atom stereocenters. The fourth-order valence-corrected chi connectivity index (χ4v) is 2.85. The van der Waals surface area contributed by atoms with Crippen LogP contribution < -0.4 is 5.32 Å². The largest absolute Gasteiger partial charge is 0.449 e. The number of benzene rings is 3. The highest BCUT2D eigenvalue weighted by Gasteiger charge is 2.20. The van der Waals surface area contributed by atoms with Crippen LogP contribution in [-0.2, 0) is 9.53 Å². The maximum absolute atomic E-state index is 12.6. The maximum atomic E-state index is 12.6. The molecule has 3 aromatic rings. The van der Waals surface area contributed by atoms with Crippen molar-refractivity contribution in [1.82, 2.24) is 0 Å². The highest BCUT2D eigenvalue weighted by atomic mass is 16.5. The predicted octanol–water partition coefficient (Wildman–Crippen LogP) is 5.15. The van der Waals surface area contributed by atoms with Gasteiger partial charge in [-0.1, -0.05) is 54.6 Å². The Labute approximate surface area is 165 Å². The van der Waals surface area contributed by atoms with Crippen molar-refractivity contribution in [2.24, 2.45) is 0 Å². The molecule has 28 heavy (non-hydrogen) atoms. The van der Waals surface area contributed by atoms with Crippen molar-refractivity contribution in [3.63, 3.8) is 0 Å². The van der Waals surface area contributed by atoms with E-state index in [1.807, 2.05) is 74.5 Å². The van der Waals surface area contributed by atoms with Crippen LogP contribution in [0.15, 0.2) is 72.8 Å². The Morgan fingerprint density at radius 3 is 2.25 bits per heavy atom. The number of esters is 1. The summed E-state index contributed by atoms with van der Waals surface area (Å²) in [7, 11) is 0. The SMILES string of the molecule is Cc1ccc(C(=O)OC(C)C(=O)Nc2ccccc2-c2ccccc2)cc1C. The summed E-state index contributed by atoms with van der Waals surface area (Å²) in [5, 5.41) is 2.87. The van der Waals surface area contributed by atoms with Crippen LogP contribution in [0.1, 0.15) is 28.4 Å². The molecule has 0 aliphatic heterocycles. The summed E-state index contributed by atoms with van der Waals surface area (Å²) in [4.78, 5) is 25.0. The van der Waals surface area contributed by atoms with Gasteiger partial charge in [0.25, 0.3) is 5.91 Å². The van der Waals surface area contributed by atoms with Gasteiger partial charge in [0.1, 0.15) is 0 Å². The van der Waals surface area contributed by atoms with Gasteiger partial charge in [0.05, 0.1) is 5.56 Å². The van der Waals surface area contributed by atoms with E-state index in [-0.39, 0.29) is 5.91 Å². The minimum atomic E-state index is -0.919. The van der Waals surface area contributed by atoms with Gasteiger partial charge in [0.15, 0.2) is 6.10 Å². The summed E-state index contributed by atoms with van der Waals surface area (Å²) in [5.74, 6) is -0.886. The molecular weight excluding hydrogens is 350 g/mol. The number of ether oxygens (including phenoxy) is 1. The second kappa shape index (κ2) is 8.53. The monoisotopic (exact) mass is 373 g/mol. The number of para-hydroxylation sites is 1. The summed E-state index contributed by atoms with van der Waals surface area (Å²) < 4.78 is 5.36. The Morgan fingerprint density at radius 2 is 1.54 bits per heavy atom. The number of carbonyl (C=O) groups excluding carboxylic acids is 2. The molecule has 0 aliphatic rings. The number of hydrogen-bond donors (Lipinski definition) is 1. The molecule has 0 aliphatic carbocycles. The smallest absolute Gasteiger partial charge is 0.338 e. The molecule has 0 aromatic heterocycles. The van der Waals surface area contributed by atoms with E-state index in [0.29, 0.717) is 11.3 Å². The summed E-state index contributed by atoms with van der Waals surface area (Å²) in [5.41, 5.74) is 5.12. The molecule has 1 atom stereocenters. The highest BCUT2D eigenvalue weighted by molar-refractivity contribution is 6.00. The normalized spacial score (nSPS) is 11.5. The lowest BCUT2D eigenvalue weighted by atomic mass is 10.0. The summed E-state index contributed by atoms with van der Waals surface area (Å²) in [6.45, 7) is 5.48. The summed E-state index contributed by atoms with van der Waals surface area (Å²) in [6.07, 6.45) is -0.919. The molecule has 4 heteroatoms. The first-order valence-electron chi connectivity index (χ1n) is 9.19. The third-order valence-corrected chi connectivity index (χ3v) is 4.67. The lowest BCUT2D eigenvalue weighted by Gasteiger charge is -2.16. The van der Waals surface area contributed by atoms with E-state index in [1.165, 1.54) is 0 Å². The van der Waals surface area contributed by atoms with Crippen LogP contribution >= 0.6 is 0 Å². The second-order valence-electron chi connectivity index (χ2n) is 6.75. The first-order valence-corrected chi connectivity index (χ1v) is 9.19. The van der Waals surface area contributed by atoms with E-state index < -0.39 is 12.1 Å². The lowest BCUT2D eigenvalue weighted by Crippen LogP contribution is -2.30. The van der Waals surface area contributed by atoms with Gasteiger partial charge in [0, 0.05) is 11.3 Å². The van der Waals surface area contributed by atoms with Crippen LogP contribution in [0.3, 0.4) is 0 Å². The molecule has 1 amide bonds. The molecule has 0 bridgehead atoms. The molecule has 0 saturated heterocycles. The predicted molar refractivity (Wildman–Crippen MR) is 111 cm³/mol. The molecule has 0 spiro atoms. The van der Waals surface area contributed by atoms with E-state index in [0.717, 1.165) is 22.3 Å². The zero-order valence-electron chi connectivity index (χ0n) is 16.2. The number of nitrogens with one attached hydrogen (secondary N) is 1. The number of amides is 1. The molecule has 0 heterocycles. The van der Waals surface area contributed by atoms with Crippen molar-refractivity contribution in [3.8, 4) is 11.1 Å². The van der Waals surface area contributed by atoms with Gasteiger partial charge in [-0.3, -0.25) is 4.79 Å². The van der Waals surface area contributed by atoms with Gasteiger partial charge >= 0.3 is 5.97 Å². The third-order valence-electron chi connectivity index (χ3n) is 4.67. The minimum Gasteiger partial charge on any atom is -0.449 e. The molecule has 3 aromatic carbocycles. The van der Waals surface area contributed by atoms with Crippen molar-refractivity contribution in [2.45, 2.75) is 26.9 Å². The average molecular weight is 373 g/mol. The minimum absolute atomic E-state index is 0.374. The van der Waals surface area contributed by atoms with Crippen LogP contribution in [0.2, 0.25) is 0 Å². The average Bonchev–Trinajstić information content (AvgIpc) is 2.71. The zero-order chi connectivity index (χ0) is 20.1. The lowest BCUT2D eigenvalue weighted by molar-refractivity contribution is -0.123. The van der Waals surface area contributed by atoms with Crippen LogP contribution in [0.25, 0.3) is 11.1 Å². The number of aryl methyl sites for hydroxylation is 2. The Hall–Kier alpha value is -3.40. The molecule has 3 rings (SSSR count). The molecule has 142 valence electrons. The van der Waals surface area contributed by atoms with E-state index in [2.05, 4.69) is 5.32 Å². The van der Waals surface area contributed by atoms with Crippen LogP contribution in [0, 0.1) is 13.8 Å². The second-order valence-corrected chi connectivity index (χ2v) is 6.75. The number of anilines is 1. The fraction of sp³-hybridized carbons (Fsp3) is 0.167. The Morgan fingerprint density at radius 1 is 0.857 bits per heavy atom. The van der Waals surface area contributed by atoms with Gasteiger partial charge in [-0.05, 0) is 55.7 Å². The molecule has 0 saturated carbocycles. The molecule has 1 N–H and O–H groups in total. The molecular formula is C24H23NO3. The first-order chi connectivity index (χ1) is 13.5. The van der Waals surface area contributed by atoms with Gasteiger partial charge in [-0.15, -0.1) is 0 Å². The van der Waals surface area contributed by atoms with E-state index in [1.54, 1.807) is 19.1 Å². The standard InChI is InChI=1S/C24H23NO3/c1-16-13-14-20(15-17(16)2)24(27)28-18(3)23(26)25-22-12-8-7-11-21(22)19-9-5-4-6-10-19/h4-15,18H,1-3H3,(H,25,26). The van der Waals surface area contributed by atoms with E-state index >= 15 is 0 Å². The Balaban J connectivity index is 1.71. The molecule has 0 radical (unpaired) electrons. The maximum Gasteiger partial charge on any atom is 0.338 e. The quantitative estimate of drug-likeness (QED) is 0.629. The van der Waals surface area contributed by atoms with Crippen molar-refractivity contribution in [3.05, 3.63) is 89.5 Å². The Kier molecular flexibility index (Phi) is 5.90. The van der Waals surface area contributed by atoms with Crippen LogP contribution in [0.5, 0.6) is 0 Å². The van der Waals surface area contributed by atoms with Crippen LogP contribution in [-0.4, -0.2) is 18.0 Å². The van der Waals surface area contributed by atoms with Crippen molar-refractivity contribution in [2.75, 3.05) is 5.32 Å². The number of hydrogen-bond acceptors (Lipinski definition) is 3. The zero-order valence-corrected chi connectivity index (χ0v) is 16.2. The molecule has 4 nitrogen and oxygen atoms in total. The van der Waals surface area contributed by atoms with E-state index in [9.17, 15) is 9.59 Å². The summed E-state index contributed by atoms with van der Waals surface area (Å²) in [6, 6.07) is 22.7. The summed E-state index contributed by atoms with van der Waals surface area (Å²) >= 11 is 0. The number of rotatable bonds is 5. The Bertz CT molecular complexity index is 996. The van der Waals surface area contributed by atoms with Crippen molar-refractivity contribution < 1.29 is 14.3 Å². The molecule has 0 fully saturated rings. The van der Waals surface area contributed by atoms with Crippen molar-refractivity contribution >= 4 is 17.6 Å². The van der Waals surface area contributed by atoms with Gasteiger partial charge in [-0.25, -0.2) is 4.79 Å². The highest BCUT2D eigenvalue weighted by Crippen LogP contribution is 2.27. The van der Waals surface area contributed by atoms with Gasteiger partial charge < -0.3 is 10.1 Å². The number of carbonyl (C=O) groups is 2. The van der Waals surface area contributed by atoms with Gasteiger partial charge in [0.2, 0.25) is 0 Å². The van der Waals surface area contributed by atoms with E-state index in [4.69, 9.17) is 4.74 Å².